The van der Waals surface area contributed by atoms with Crippen LogP contribution in [0.25, 0.3) is 0 Å². The summed E-state index contributed by atoms with van der Waals surface area (Å²) in [5.41, 5.74) is -0.230. The summed E-state index contributed by atoms with van der Waals surface area (Å²) in [6.07, 6.45) is 11.4. The molecule has 0 saturated heterocycles. The molecular weight excluding hydrogens is 236 g/mol. The van der Waals surface area contributed by atoms with Crippen LogP contribution in [-0.2, 0) is 4.74 Å². The van der Waals surface area contributed by atoms with E-state index < -0.39 is 0 Å². The summed E-state index contributed by atoms with van der Waals surface area (Å²) >= 11 is 0. The number of hydrogen-bond acceptors (Lipinski definition) is 2. The Hall–Kier alpha value is -0.0800. The fraction of sp³-hybridized carbons (Fsp3) is 1.00. The number of rotatable bonds is 9. The molecule has 19 heavy (non-hydrogen) atoms. The van der Waals surface area contributed by atoms with Gasteiger partial charge in [-0.25, -0.2) is 0 Å². The average Bonchev–Trinajstić information content (AvgIpc) is 2.41. The Morgan fingerprint density at radius 1 is 1.11 bits per heavy atom. The van der Waals surface area contributed by atoms with Gasteiger partial charge < -0.3 is 9.84 Å². The molecule has 2 heteroatoms. The third-order valence-electron chi connectivity index (χ3n) is 4.74. The number of ether oxygens (including phenoxy) is 1. The third kappa shape index (κ3) is 5.43. The van der Waals surface area contributed by atoms with Crippen LogP contribution in [-0.4, -0.2) is 23.4 Å². The van der Waals surface area contributed by atoms with Gasteiger partial charge in [0.2, 0.25) is 0 Å². The number of aliphatic hydroxyl groups is 1. The van der Waals surface area contributed by atoms with Gasteiger partial charge in [0.05, 0.1) is 11.7 Å². The second kappa shape index (κ2) is 8.97. The average molecular weight is 270 g/mol. The first kappa shape index (κ1) is 17.0. The second-order valence-corrected chi connectivity index (χ2v) is 6.40. The van der Waals surface area contributed by atoms with Crippen LogP contribution >= 0.6 is 0 Å². The smallest absolute Gasteiger partial charge is 0.0940 e. The highest BCUT2D eigenvalue weighted by molar-refractivity contribution is 4.92. The van der Waals surface area contributed by atoms with E-state index in [4.69, 9.17) is 4.74 Å². The van der Waals surface area contributed by atoms with Gasteiger partial charge in [-0.15, -0.1) is 0 Å². The molecule has 1 aliphatic carbocycles. The molecule has 1 atom stereocenters. The van der Waals surface area contributed by atoms with E-state index in [2.05, 4.69) is 13.8 Å². The van der Waals surface area contributed by atoms with Crippen LogP contribution < -0.4 is 0 Å². The molecule has 0 radical (unpaired) electrons. The highest BCUT2D eigenvalue weighted by Gasteiger charge is 2.40. The number of unbranched alkanes of at least 4 members (excludes halogenated alkanes) is 4. The highest BCUT2D eigenvalue weighted by atomic mass is 16.5. The van der Waals surface area contributed by atoms with E-state index >= 15 is 0 Å². The molecule has 1 aliphatic rings. The lowest BCUT2D eigenvalue weighted by molar-refractivity contribution is -0.146. The minimum absolute atomic E-state index is 0.230. The Bertz CT molecular complexity index is 219. The van der Waals surface area contributed by atoms with Gasteiger partial charge in [0, 0.05) is 6.61 Å². The molecule has 1 unspecified atom stereocenters. The molecule has 2 nitrogen and oxygen atoms in total. The predicted molar refractivity (Wildman–Crippen MR) is 81.4 cm³/mol. The molecule has 1 rings (SSSR count). The first-order chi connectivity index (χ1) is 9.14. The Balaban J connectivity index is 2.37. The van der Waals surface area contributed by atoms with E-state index in [9.17, 15) is 5.11 Å². The van der Waals surface area contributed by atoms with E-state index in [-0.39, 0.29) is 11.7 Å². The summed E-state index contributed by atoms with van der Waals surface area (Å²) in [6, 6.07) is 0. The van der Waals surface area contributed by atoms with Crippen LogP contribution in [0.3, 0.4) is 0 Å². The minimum atomic E-state index is -0.262. The fourth-order valence-corrected chi connectivity index (χ4v) is 3.32. The Morgan fingerprint density at radius 3 is 2.32 bits per heavy atom. The van der Waals surface area contributed by atoms with E-state index in [0.717, 1.165) is 38.2 Å². The Morgan fingerprint density at radius 2 is 1.74 bits per heavy atom. The van der Waals surface area contributed by atoms with Crippen molar-refractivity contribution in [1.29, 1.82) is 0 Å². The summed E-state index contributed by atoms with van der Waals surface area (Å²) < 4.78 is 6.01. The van der Waals surface area contributed by atoms with Crippen molar-refractivity contribution in [2.24, 2.45) is 5.92 Å². The first-order valence-electron chi connectivity index (χ1n) is 8.46. The van der Waals surface area contributed by atoms with Gasteiger partial charge in [-0.2, -0.15) is 0 Å². The lowest BCUT2D eigenvalue weighted by Gasteiger charge is -2.42. The van der Waals surface area contributed by atoms with Crippen molar-refractivity contribution in [3.63, 3.8) is 0 Å². The largest absolute Gasteiger partial charge is 0.390 e. The lowest BCUT2D eigenvalue weighted by atomic mass is 9.75. The molecule has 114 valence electrons. The summed E-state index contributed by atoms with van der Waals surface area (Å²) in [5, 5.41) is 10.6. The van der Waals surface area contributed by atoms with Gasteiger partial charge in [0.15, 0.2) is 0 Å². The monoisotopic (exact) mass is 270 g/mol. The van der Waals surface area contributed by atoms with Crippen molar-refractivity contribution in [2.45, 2.75) is 96.7 Å². The molecule has 0 aromatic carbocycles. The first-order valence-corrected chi connectivity index (χ1v) is 8.46. The van der Waals surface area contributed by atoms with E-state index in [1.54, 1.807) is 0 Å². The molecule has 0 bridgehead atoms. The standard InChI is InChI=1S/C17H34O2/c1-4-6-7-8-9-10-16(18)17(19-5-2)13-11-15(3)12-14-17/h15-16,18H,4-14H2,1-3H3. The van der Waals surface area contributed by atoms with Crippen molar-refractivity contribution in [2.75, 3.05) is 6.61 Å². The molecule has 0 heterocycles. The van der Waals surface area contributed by atoms with E-state index in [0.29, 0.717) is 0 Å². The van der Waals surface area contributed by atoms with Crippen LogP contribution in [0.4, 0.5) is 0 Å². The zero-order valence-electron chi connectivity index (χ0n) is 13.3. The zero-order chi connectivity index (χ0) is 14.1. The molecule has 0 spiro atoms. The van der Waals surface area contributed by atoms with Gasteiger partial charge >= 0.3 is 0 Å². The van der Waals surface area contributed by atoms with Crippen LogP contribution in [0, 0.1) is 5.92 Å². The summed E-state index contributed by atoms with van der Waals surface area (Å²) in [5.74, 6) is 0.797. The molecular formula is C17H34O2. The molecule has 0 aromatic heterocycles. The molecule has 1 saturated carbocycles. The Kier molecular flexibility index (Phi) is 8.01. The van der Waals surface area contributed by atoms with E-state index in [1.807, 2.05) is 6.92 Å². The number of aliphatic hydroxyl groups excluding tert-OH is 1. The van der Waals surface area contributed by atoms with Gasteiger partial charge in [0.25, 0.3) is 0 Å². The van der Waals surface area contributed by atoms with Crippen LogP contribution in [0.5, 0.6) is 0 Å². The molecule has 1 N–H and O–H groups in total. The molecule has 0 amide bonds. The minimum Gasteiger partial charge on any atom is -0.390 e. The third-order valence-corrected chi connectivity index (χ3v) is 4.74. The summed E-state index contributed by atoms with van der Waals surface area (Å²) in [6.45, 7) is 7.32. The summed E-state index contributed by atoms with van der Waals surface area (Å²) in [4.78, 5) is 0. The fourth-order valence-electron chi connectivity index (χ4n) is 3.32. The topological polar surface area (TPSA) is 29.5 Å². The molecule has 0 aliphatic heterocycles. The highest BCUT2D eigenvalue weighted by Crippen LogP contribution is 2.38. The zero-order valence-corrected chi connectivity index (χ0v) is 13.3. The maximum Gasteiger partial charge on any atom is 0.0940 e. The predicted octanol–water partition coefficient (Wildman–Crippen LogP) is 4.69. The second-order valence-electron chi connectivity index (χ2n) is 6.40. The summed E-state index contributed by atoms with van der Waals surface area (Å²) in [7, 11) is 0. The molecule has 0 aromatic rings. The lowest BCUT2D eigenvalue weighted by Crippen LogP contribution is -2.47. The normalized spacial score (nSPS) is 29.4. The van der Waals surface area contributed by atoms with Crippen molar-refractivity contribution < 1.29 is 9.84 Å². The van der Waals surface area contributed by atoms with Gasteiger partial charge in [-0.1, -0.05) is 46.0 Å². The van der Waals surface area contributed by atoms with Gasteiger partial charge in [-0.05, 0) is 44.9 Å². The number of hydrogen-bond donors (Lipinski definition) is 1. The Labute approximate surface area is 119 Å². The van der Waals surface area contributed by atoms with Gasteiger partial charge in [-0.3, -0.25) is 0 Å². The van der Waals surface area contributed by atoms with Crippen molar-refractivity contribution in [1.82, 2.24) is 0 Å². The van der Waals surface area contributed by atoms with Crippen LogP contribution in [0.2, 0.25) is 0 Å². The molecule has 1 fully saturated rings. The van der Waals surface area contributed by atoms with Crippen molar-refractivity contribution in [3.8, 4) is 0 Å². The van der Waals surface area contributed by atoms with Crippen LogP contribution in [0.15, 0.2) is 0 Å². The van der Waals surface area contributed by atoms with Gasteiger partial charge in [0.1, 0.15) is 0 Å². The van der Waals surface area contributed by atoms with E-state index in [1.165, 1.54) is 38.5 Å². The maximum atomic E-state index is 10.6. The SMILES string of the molecule is CCCCCCCC(O)C1(OCC)CCC(C)CC1. The van der Waals surface area contributed by atoms with Crippen LogP contribution in [0.1, 0.15) is 85.0 Å². The van der Waals surface area contributed by atoms with Crippen molar-refractivity contribution >= 4 is 0 Å². The van der Waals surface area contributed by atoms with Crippen molar-refractivity contribution in [3.05, 3.63) is 0 Å². The maximum absolute atomic E-state index is 10.6. The quantitative estimate of drug-likeness (QED) is 0.616.